The van der Waals surface area contributed by atoms with E-state index in [-0.39, 0.29) is 0 Å². The van der Waals surface area contributed by atoms with E-state index >= 15 is 0 Å². The second-order valence-electron chi connectivity index (χ2n) is 8.10. The van der Waals surface area contributed by atoms with Crippen LogP contribution in [0.25, 0.3) is 0 Å². The predicted octanol–water partition coefficient (Wildman–Crippen LogP) is 4.13. The summed E-state index contributed by atoms with van der Waals surface area (Å²) in [7, 11) is 0. The number of rotatable bonds is 4. The van der Waals surface area contributed by atoms with E-state index < -0.39 is 0 Å². The molecule has 4 saturated carbocycles. The fraction of sp³-hybridized carbons (Fsp3) is 1.00. The molecule has 0 radical (unpaired) electrons. The highest BCUT2D eigenvalue weighted by Gasteiger charge is 2.50. The quantitative estimate of drug-likeness (QED) is 0.788. The van der Waals surface area contributed by atoms with Crippen LogP contribution in [0, 0.1) is 23.2 Å². The SMILES string of the molecule is C1CNC(CCCC23CC4CC(CC(C4)C2)C3)C1. The highest BCUT2D eigenvalue weighted by molar-refractivity contribution is 5.01. The summed E-state index contributed by atoms with van der Waals surface area (Å²) in [6.07, 6.45) is 17.0. The second-order valence-corrected chi connectivity index (χ2v) is 8.10. The second kappa shape index (κ2) is 4.51. The maximum atomic E-state index is 3.67. The van der Waals surface area contributed by atoms with Crippen molar-refractivity contribution >= 4 is 0 Å². The van der Waals surface area contributed by atoms with Crippen molar-refractivity contribution in [3.63, 3.8) is 0 Å². The van der Waals surface area contributed by atoms with Gasteiger partial charge in [-0.25, -0.2) is 0 Å². The van der Waals surface area contributed by atoms with Gasteiger partial charge in [0, 0.05) is 6.04 Å². The van der Waals surface area contributed by atoms with Gasteiger partial charge in [0.05, 0.1) is 0 Å². The molecule has 1 saturated heterocycles. The van der Waals surface area contributed by atoms with Crippen molar-refractivity contribution in [1.82, 2.24) is 5.32 Å². The first kappa shape index (κ1) is 11.8. The summed E-state index contributed by atoms with van der Waals surface area (Å²) in [4.78, 5) is 0. The standard InChI is InChI=1S/C17H29N/c1(3-16-4-2-6-18-16)5-17-10-13-7-14(11-17)9-15(8-13)12-17/h13-16,18H,1-12H2. The van der Waals surface area contributed by atoms with Crippen LogP contribution in [0.15, 0.2) is 0 Å². The van der Waals surface area contributed by atoms with Crippen molar-refractivity contribution in [2.45, 2.75) is 76.7 Å². The first-order chi connectivity index (χ1) is 8.81. The maximum absolute atomic E-state index is 3.67. The molecule has 0 aromatic rings. The third-order valence-corrected chi connectivity index (χ3v) is 6.59. The molecule has 0 aromatic heterocycles. The van der Waals surface area contributed by atoms with E-state index in [1.165, 1.54) is 32.2 Å². The Kier molecular flexibility index (Phi) is 2.94. The van der Waals surface area contributed by atoms with Gasteiger partial charge in [-0.3, -0.25) is 0 Å². The van der Waals surface area contributed by atoms with Crippen LogP contribution in [0.2, 0.25) is 0 Å². The van der Waals surface area contributed by atoms with Gasteiger partial charge < -0.3 is 5.32 Å². The summed E-state index contributed by atoms with van der Waals surface area (Å²) >= 11 is 0. The Labute approximate surface area is 112 Å². The van der Waals surface area contributed by atoms with Crippen LogP contribution < -0.4 is 5.32 Å². The van der Waals surface area contributed by atoms with Crippen molar-refractivity contribution in [2.75, 3.05) is 6.54 Å². The van der Waals surface area contributed by atoms with E-state index in [2.05, 4.69) is 5.32 Å². The van der Waals surface area contributed by atoms with Gasteiger partial charge in [0.2, 0.25) is 0 Å². The maximum Gasteiger partial charge on any atom is 0.00675 e. The van der Waals surface area contributed by atoms with E-state index in [1.54, 1.807) is 44.9 Å². The fourth-order valence-electron chi connectivity index (χ4n) is 6.32. The molecule has 1 atom stereocenters. The minimum Gasteiger partial charge on any atom is -0.314 e. The minimum atomic E-state index is 0.827. The van der Waals surface area contributed by atoms with E-state index in [4.69, 9.17) is 0 Å². The topological polar surface area (TPSA) is 12.0 Å². The van der Waals surface area contributed by atoms with Crippen LogP contribution in [0.3, 0.4) is 0 Å². The molecular formula is C17H29N. The number of hydrogen-bond donors (Lipinski definition) is 1. The molecule has 4 aliphatic carbocycles. The number of hydrogen-bond acceptors (Lipinski definition) is 1. The average molecular weight is 247 g/mol. The first-order valence-corrected chi connectivity index (χ1v) is 8.55. The molecule has 5 fully saturated rings. The van der Waals surface area contributed by atoms with Crippen molar-refractivity contribution < 1.29 is 0 Å². The zero-order valence-corrected chi connectivity index (χ0v) is 11.8. The Balaban J connectivity index is 1.33. The van der Waals surface area contributed by atoms with Gasteiger partial charge in [0.25, 0.3) is 0 Å². The van der Waals surface area contributed by atoms with Crippen LogP contribution in [0.5, 0.6) is 0 Å². The molecule has 1 unspecified atom stereocenters. The van der Waals surface area contributed by atoms with Crippen LogP contribution in [0.1, 0.15) is 70.6 Å². The third-order valence-electron chi connectivity index (χ3n) is 6.59. The Bertz CT molecular complexity index is 267. The largest absolute Gasteiger partial charge is 0.314 e. The van der Waals surface area contributed by atoms with Crippen molar-refractivity contribution in [1.29, 1.82) is 0 Å². The molecule has 5 rings (SSSR count). The lowest BCUT2D eigenvalue weighted by atomic mass is 9.48. The summed E-state index contributed by atoms with van der Waals surface area (Å²) in [6, 6.07) is 0.874. The average Bonchev–Trinajstić information content (AvgIpc) is 2.79. The number of nitrogens with one attached hydrogen (secondary N) is 1. The zero-order valence-electron chi connectivity index (χ0n) is 11.8. The lowest BCUT2D eigenvalue weighted by Crippen LogP contribution is -2.46. The molecule has 5 aliphatic rings. The predicted molar refractivity (Wildman–Crippen MR) is 75.5 cm³/mol. The van der Waals surface area contributed by atoms with Crippen molar-refractivity contribution in [2.24, 2.45) is 23.2 Å². The highest BCUT2D eigenvalue weighted by Crippen LogP contribution is 2.61. The Morgan fingerprint density at radius 1 is 0.944 bits per heavy atom. The molecule has 18 heavy (non-hydrogen) atoms. The Morgan fingerprint density at radius 3 is 2.17 bits per heavy atom. The normalized spacial score (nSPS) is 50.0. The van der Waals surface area contributed by atoms with E-state index in [9.17, 15) is 0 Å². The molecule has 0 spiro atoms. The Morgan fingerprint density at radius 2 is 1.61 bits per heavy atom. The van der Waals surface area contributed by atoms with Crippen LogP contribution in [-0.2, 0) is 0 Å². The molecule has 0 aromatic carbocycles. The first-order valence-electron chi connectivity index (χ1n) is 8.55. The molecule has 0 amide bonds. The van der Waals surface area contributed by atoms with E-state index in [1.807, 2.05) is 0 Å². The zero-order chi connectivity index (χ0) is 12.0. The summed E-state index contributed by atoms with van der Waals surface area (Å²) in [6.45, 7) is 1.28. The van der Waals surface area contributed by atoms with Gasteiger partial charge in [0.1, 0.15) is 0 Å². The molecule has 102 valence electrons. The molecule has 1 aliphatic heterocycles. The molecule has 1 heteroatoms. The van der Waals surface area contributed by atoms with Gasteiger partial charge in [-0.05, 0) is 93.9 Å². The van der Waals surface area contributed by atoms with Crippen molar-refractivity contribution in [3.05, 3.63) is 0 Å². The smallest absolute Gasteiger partial charge is 0.00675 e. The lowest BCUT2D eigenvalue weighted by molar-refractivity contribution is -0.0585. The van der Waals surface area contributed by atoms with Gasteiger partial charge in [-0.15, -0.1) is 0 Å². The lowest BCUT2D eigenvalue weighted by Gasteiger charge is -2.57. The molecule has 1 nitrogen and oxygen atoms in total. The summed E-state index contributed by atoms with van der Waals surface area (Å²) in [5, 5.41) is 3.67. The summed E-state index contributed by atoms with van der Waals surface area (Å²) in [5.41, 5.74) is 0.827. The molecule has 1 N–H and O–H groups in total. The van der Waals surface area contributed by atoms with Gasteiger partial charge in [-0.2, -0.15) is 0 Å². The van der Waals surface area contributed by atoms with E-state index in [0.717, 1.165) is 29.2 Å². The van der Waals surface area contributed by atoms with Gasteiger partial charge >= 0.3 is 0 Å². The van der Waals surface area contributed by atoms with Crippen LogP contribution >= 0.6 is 0 Å². The molecule has 1 heterocycles. The highest BCUT2D eigenvalue weighted by atomic mass is 14.9. The third kappa shape index (κ3) is 2.13. The van der Waals surface area contributed by atoms with Gasteiger partial charge in [-0.1, -0.05) is 6.42 Å². The minimum absolute atomic E-state index is 0.827. The fourth-order valence-corrected chi connectivity index (χ4v) is 6.32. The molecule has 4 bridgehead atoms. The van der Waals surface area contributed by atoms with Gasteiger partial charge in [0.15, 0.2) is 0 Å². The monoisotopic (exact) mass is 247 g/mol. The van der Waals surface area contributed by atoms with Crippen LogP contribution in [-0.4, -0.2) is 12.6 Å². The summed E-state index contributed by atoms with van der Waals surface area (Å²) in [5.74, 6) is 3.42. The Hall–Kier alpha value is -0.0400. The van der Waals surface area contributed by atoms with Crippen molar-refractivity contribution in [3.8, 4) is 0 Å². The van der Waals surface area contributed by atoms with E-state index in [0.29, 0.717) is 0 Å². The summed E-state index contributed by atoms with van der Waals surface area (Å²) < 4.78 is 0. The molecular weight excluding hydrogens is 218 g/mol. The van der Waals surface area contributed by atoms with Crippen LogP contribution in [0.4, 0.5) is 0 Å².